The maximum Gasteiger partial charge on any atom is 0.410 e. The molecule has 0 radical (unpaired) electrons. The lowest BCUT2D eigenvalue weighted by Gasteiger charge is -2.23. The van der Waals surface area contributed by atoms with Crippen molar-refractivity contribution in [3.63, 3.8) is 0 Å². The van der Waals surface area contributed by atoms with Crippen LogP contribution in [0.15, 0.2) is 36.5 Å². The number of hydrogen-bond acceptors (Lipinski definition) is 6. The van der Waals surface area contributed by atoms with Crippen molar-refractivity contribution in [3.05, 3.63) is 53.5 Å². The molecule has 0 spiro atoms. The van der Waals surface area contributed by atoms with Crippen LogP contribution in [0.4, 0.5) is 4.79 Å². The second-order valence-corrected chi connectivity index (χ2v) is 7.42. The van der Waals surface area contributed by atoms with Crippen molar-refractivity contribution < 1.29 is 19.1 Å². The van der Waals surface area contributed by atoms with Crippen molar-refractivity contribution in [3.8, 4) is 5.88 Å². The highest BCUT2D eigenvalue weighted by Crippen LogP contribution is 2.31. The minimum absolute atomic E-state index is 0.139. The van der Waals surface area contributed by atoms with Crippen LogP contribution in [0.1, 0.15) is 30.3 Å². The van der Waals surface area contributed by atoms with Crippen molar-refractivity contribution in [2.45, 2.75) is 33.4 Å². The Bertz CT molecular complexity index is 874. The van der Waals surface area contributed by atoms with Gasteiger partial charge in [0, 0.05) is 19.3 Å². The average Bonchev–Trinajstić information content (AvgIpc) is 3.15. The van der Waals surface area contributed by atoms with Crippen LogP contribution in [0.2, 0.25) is 0 Å². The number of carbonyl (C=O) groups is 2. The molecule has 2 amide bonds. The van der Waals surface area contributed by atoms with Crippen LogP contribution >= 0.6 is 0 Å². The van der Waals surface area contributed by atoms with E-state index >= 15 is 0 Å². The van der Waals surface area contributed by atoms with Gasteiger partial charge in [0.05, 0.1) is 24.8 Å². The summed E-state index contributed by atoms with van der Waals surface area (Å²) in [5, 5.41) is 2.89. The molecule has 2 aromatic rings. The number of methoxy groups -OCH3 is 1. The Morgan fingerprint density at radius 3 is 2.76 bits per heavy atom. The van der Waals surface area contributed by atoms with Gasteiger partial charge in [-0.15, -0.1) is 0 Å². The highest BCUT2D eigenvalue weighted by atomic mass is 16.6. The van der Waals surface area contributed by atoms with E-state index in [2.05, 4.69) is 15.3 Å². The van der Waals surface area contributed by atoms with E-state index in [1.165, 1.54) is 7.11 Å². The number of amides is 2. The summed E-state index contributed by atoms with van der Waals surface area (Å²) in [6.45, 7) is 4.89. The molecular formula is C21H26N4O4. The number of benzene rings is 1. The summed E-state index contributed by atoms with van der Waals surface area (Å²) in [6, 6.07) is 9.50. The summed E-state index contributed by atoms with van der Waals surface area (Å²) in [4.78, 5) is 35.3. The Morgan fingerprint density at radius 1 is 1.28 bits per heavy atom. The molecule has 3 rings (SSSR count). The SMILES string of the molecule is COc1nc(C)cnc1CNC(=O)C1(C)CCN(C(=O)OCc2ccccc2)C1. The Kier molecular flexibility index (Phi) is 6.31. The lowest BCUT2D eigenvalue weighted by Crippen LogP contribution is -2.41. The topological polar surface area (TPSA) is 93.7 Å². The van der Waals surface area contributed by atoms with Gasteiger partial charge in [0.2, 0.25) is 11.8 Å². The number of rotatable bonds is 6. The molecular weight excluding hydrogens is 372 g/mol. The summed E-state index contributed by atoms with van der Waals surface area (Å²) in [6.07, 6.45) is 1.79. The van der Waals surface area contributed by atoms with Gasteiger partial charge in [0.1, 0.15) is 12.3 Å². The van der Waals surface area contributed by atoms with E-state index in [9.17, 15) is 9.59 Å². The Labute approximate surface area is 170 Å². The maximum absolute atomic E-state index is 12.8. The molecule has 1 aliphatic rings. The van der Waals surface area contributed by atoms with Crippen molar-refractivity contribution in [2.75, 3.05) is 20.2 Å². The van der Waals surface area contributed by atoms with Crippen LogP contribution in [-0.4, -0.2) is 47.1 Å². The van der Waals surface area contributed by atoms with Crippen molar-refractivity contribution in [1.82, 2.24) is 20.2 Å². The predicted octanol–water partition coefficient (Wildman–Crippen LogP) is 2.46. The third-order valence-electron chi connectivity index (χ3n) is 5.03. The van der Waals surface area contributed by atoms with Gasteiger partial charge in [-0.05, 0) is 25.8 Å². The van der Waals surface area contributed by atoms with E-state index in [4.69, 9.17) is 9.47 Å². The number of nitrogens with one attached hydrogen (secondary N) is 1. The predicted molar refractivity (Wildman–Crippen MR) is 106 cm³/mol. The van der Waals surface area contributed by atoms with Gasteiger partial charge in [-0.25, -0.2) is 9.78 Å². The summed E-state index contributed by atoms with van der Waals surface area (Å²) < 4.78 is 10.6. The standard InChI is InChI=1S/C21H26N4O4/c1-15-11-22-17(18(24-15)28-3)12-23-19(26)21(2)9-10-25(14-21)20(27)29-13-16-7-5-4-6-8-16/h4-8,11H,9-10,12-14H2,1-3H3,(H,23,26). The molecule has 1 N–H and O–H groups in total. The highest BCUT2D eigenvalue weighted by Gasteiger charge is 2.42. The first-order valence-corrected chi connectivity index (χ1v) is 9.52. The van der Waals surface area contributed by atoms with Crippen molar-refractivity contribution >= 4 is 12.0 Å². The van der Waals surface area contributed by atoms with Gasteiger partial charge in [-0.3, -0.25) is 9.78 Å². The Balaban J connectivity index is 1.53. The zero-order chi connectivity index (χ0) is 20.9. The fourth-order valence-electron chi connectivity index (χ4n) is 3.26. The molecule has 8 nitrogen and oxygen atoms in total. The number of aromatic nitrogens is 2. The van der Waals surface area contributed by atoms with Crippen LogP contribution in [-0.2, 0) is 22.7 Å². The van der Waals surface area contributed by atoms with Crippen LogP contribution < -0.4 is 10.1 Å². The summed E-state index contributed by atoms with van der Waals surface area (Å²) in [5.74, 6) is 0.258. The van der Waals surface area contributed by atoms with E-state index in [0.29, 0.717) is 31.1 Å². The number of hydrogen-bond donors (Lipinski definition) is 1. The van der Waals surface area contributed by atoms with E-state index < -0.39 is 11.5 Å². The molecule has 0 bridgehead atoms. The van der Waals surface area contributed by atoms with Crippen LogP contribution in [0.3, 0.4) is 0 Å². The fraction of sp³-hybridized carbons (Fsp3) is 0.429. The number of aryl methyl sites for hydroxylation is 1. The summed E-state index contributed by atoms with van der Waals surface area (Å²) in [7, 11) is 1.52. The van der Waals surface area contributed by atoms with Gasteiger partial charge < -0.3 is 19.7 Å². The molecule has 1 saturated heterocycles. The molecule has 1 unspecified atom stereocenters. The molecule has 8 heteroatoms. The molecule has 1 atom stereocenters. The third-order valence-corrected chi connectivity index (χ3v) is 5.03. The van der Waals surface area contributed by atoms with E-state index in [1.54, 1.807) is 11.1 Å². The largest absolute Gasteiger partial charge is 0.480 e. The van der Waals surface area contributed by atoms with Gasteiger partial charge >= 0.3 is 6.09 Å². The summed E-state index contributed by atoms with van der Waals surface area (Å²) >= 11 is 0. The molecule has 1 aromatic carbocycles. The first kappa shape index (κ1) is 20.6. The zero-order valence-electron chi connectivity index (χ0n) is 17.0. The third kappa shape index (κ3) is 5.01. The Morgan fingerprint density at radius 2 is 2.03 bits per heavy atom. The summed E-state index contributed by atoms with van der Waals surface area (Å²) in [5.41, 5.74) is 1.54. The molecule has 1 aliphatic heterocycles. The lowest BCUT2D eigenvalue weighted by atomic mass is 9.89. The second-order valence-electron chi connectivity index (χ2n) is 7.42. The average molecular weight is 398 g/mol. The van der Waals surface area contributed by atoms with E-state index in [1.807, 2.05) is 44.2 Å². The Hall–Kier alpha value is -3.16. The van der Waals surface area contributed by atoms with Crippen LogP contribution in [0, 0.1) is 12.3 Å². The van der Waals surface area contributed by atoms with Gasteiger partial charge in [0.15, 0.2) is 0 Å². The number of nitrogens with zero attached hydrogens (tertiary/aromatic N) is 3. The van der Waals surface area contributed by atoms with Gasteiger partial charge in [-0.1, -0.05) is 30.3 Å². The molecule has 1 aromatic heterocycles. The molecule has 154 valence electrons. The van der Waals surface area contributed by atoms with E-state index in [-0.39, 0.29) is 19.1 Å². The molecule has 29 heavy (non-hydrogen) atoms. The van der Waals surface area contributed by atoms with Crippen molar-refractivity contribution in [2.24, 2.45) is 5.41 Å². The molecule has 0 aliphatic carbocycles. The lowest BCUT2D eigenvalue weighted by molar-refractivity contribution is -0.129. The van der Waals surface area contributed by atoms with Gasteiger partial charge in [-0.2, -0.15) is 0 Å². The first-order chi connectivity index (χ1) is 13.9. The minimum Gasteiger partial charge on any atom is -0.480 e. The number of ether oxygens (including phenoxy) is 2. The highest BCUT2D eigenvalue weighted by molar-refractivity contribution is 5.84. The quantitative estimate of drug-likeness (QED) is 0.803. The molecule has 1 fully saturated rings. The monoisotopic (exact) mass is 398 g/mol. The number of carbonyl (C=O) groups excluding carboxylic acids is 2. The van der Waals surface area contributed by atoms with E-state index in [0.717, 1.165) is 11.3 Å². The van der Waals surface area contributed by atoms with Crippen molar-refractivity contribution in [1.29, 1.82) is 0 Å². The molecule has 2 heterocycles. The zero-order valence-corrected chi connectivity index (χ0v) is 17.0. The first-order valence-electron chi connectivity index (χ1n) is 9.52. The normalized spacial score (nSPS) is 18.4. The van der Waals surface area contributed by atoms with Crippen LogP contribution in [0.5, 0.6) is 5.88 Å². The van der Waals surface area contributed by atoms with Gasteiger partial charge in [0.25, 0.3) is 0 Å². The minimum atomic E-state index is -0.683. The van der Waals surface area contributed by atoms with Crippen LogP contribution in [0.25, 0.3) is 0 Å². The maximum atomic E-state index is 12.8. The molecule has 0 saturated carbocycles. The fourth-order valence-corrected chi connectivity index (χ4v) is 3.26. The smallest absolute Gasteiger partial charge is 0.410 e. The number of likely N-dealkylation sites (tertiary alicyclic amines) is 1. The second kappa shape index (κ2) is 8.89.